The van der Waals surface area contributed by atoms with Gasteiger partial charge in [-0.2, -0.15) is 0 Å². The molecule has 0 aliphatic heterocycles. The van der Waals surface area contributed by atoms with E-state index in [1.54, 1.807) is 0 Å². The standard InChI is InChI=1S/C20H42.C5H6O4/c1-3-5-7-9-11-13-15-17-19-20-18-16-14-12-10-8-6-4-2;1-3(5(8)9)2-4(6)7/h3-20H2,1-2H3;1-2H2,(H,6,7)(H,8,9). The van der Waals surface area contributed by atoms with Crippen LogP contribution in [0.4, 0.5) is 0 Å². The number of carbonyl (C=O) groups is 2. The Kier molecular flexibility index (Phi) is 25.5. The topological polar surface area (TPSA) is 74.6 Å². The molecule has 0 radical (unpaired) electrons. The van der Waals surface area contributed by atoms with Gasteiger partial charge in [-0.3, -0.25) is 4.79 Å². The molecule has 4 nitrogen and oxygen atoms in total. The van der Waals surface area contributed by atoms with Crippen molar-refractivity contribution in [2.75, 3.05) is 0 Å². The molecule has 0 atom stereocenters. The lowest BCUT2D eigenvalue weighted by atomic mass is 10.0. The molecule has 172 valence electrons. The smallest absolute Gasteiger partial charge is 0.331 e. The summed E-state index contributed by atoms with van der Waals surface area (Å²) in [6.45, 7) is 7.61. The van der Waals surface area contributed by atoms with Crippen LogP contribution in [-0.4, -0.2) is 22.2 Å². The molecule has 0 saturated heterocycles. The van der Waals surface area contributed by atoms with Crippen molar-refractivity contribution in [3.63, 3.8) is 0 Å². The SMILES string of the molecule is C=C(CC(=O)O)C(=O)O.CCCCCCCCCCCCCCCCCCCC. The largest absolute Gasteiger partial charge is 0.481 e. The molecule has 0 aromatic carbocycles. The van der Waals surface area contributed by atoms with Crippen LogP contribution < -0.4 is 0 Å². The first-order chi connectivity index (χ1) is 14.0. The van der Waals surface area contributed by atoms with Gasteiger partial charge in [-0.05, 0) is 0 Å². The molecule has 0 aromatic rings. The van der Waals surface area contributed by atoms with Crippen LogP contribution in [0.1, 0.15) is 136 Å². The molecule has 0 amide bonds. The van der Waals surface area contributed by atoms with Crippen molar-refractivity contribution in [1.29, 1.82) is 0 Å². The summed E-state index contributed by atoms with van der Waals surface area (Å²) < 4.78 is 0. The average molecular weight is 413 g/mol. The predicted molar refractivity (Wildman–Crippen MR) is 123 cm³/mol. The van der Waals surface area contributed by atoms with E-state index in [2.05, 4.69) is 20.4 Å². The monoisotopic (exact) mass is 412 g/mol. The molecule has 0 aliphatic carbocycles. The van der Waals surface area contributed by atoms with Gasteiger partial charge < -0.3 is 10.2 Å². The van der Waals surface area contributed by atoms with Crippen molar-refractivity contribution in [2.24, 2.45) is 0 Å². The highest BCUT2D eigenvalue weighted by Gasteiger charge is 2.07. The van der Waals surface area contributed by atoms with Crippen LogP contribution in [0.25, 0.3) is 0 Å². The van der Waals surface area contributed by atoms with E-state index in [1.165, 1.54) is 116 Å². The van der Waals surface area contributed by atoms with Gasteiger partial charge in [0.1, 0.15) is 0 Å². The quantitative estimate of drug-likeness (QED) is 0.156. The molecular formula is C25H48O4. The van der Waals surface area contributed by atoms with E-state index in [1.807, 2.05) is 0 Å². The average Bonchev–Trinajstić information content (AvgIpc) is 2.67. The highest BCUT2D eigenvalue weighted by molar-refractivity contribution is 5.91. The van der Waals surface area contributed by atoms with Crippen molar-refractivity contribution >= 4 is 11.9 Å². The summed E-state index contributed by atoms with van der Waals surface area (Å²) in [4.78, 5) is 19.7. The van der Waals surface area contributed by atoms with Crippen molar-refractivity contribution in [2.45, 2.75) is 136 Å². The lowest BCUT2D eigenvalue weighted by Crippen LogP contribution is -2.04. The number of unbranched alkanes of at least 4 members (excludes halogenated alkanes) is 17. The number of rotatable bonds is 20. The minimum Gasteiger partial charge on any atom is -0.481 e. The van der Waals surface area contributed by atoms with Crippen molar-refractivity contribution < 1.29 is 19.8 Å². The van der Waals surface area contributed by atoms with E-state index in [4.69, 9.17) is 10.2 Å². The lowest BCUT2D eigenvalue weighted by Gasteiger charge is -2.03. The number of hydrogen-bond donors (Lipinski definition) is 2. The van der Waals surface area contributed by atoms with E-state index in [0.29, 0.717) is 0 Å². The van der Waals surface area contributed by atoms with Gasteiger partial charge in [0.25, 0.3) is 0 Å². The molecule has 0 aromatic heterocycles. The maximum atomic E-state index is 9.87. The van der Waals surface area contributed by atoms with Crippen LogP contribution in [0.15, 0.2) is 12.2 Å². The minimum absolute atomic E-state index is 0.303. The van der Waals surface area contributed by atoms with Gasteiger partial charge in [-0.15, -0.1) is 0 Å². The summed E-state index contributed by atoms with van der Waals surface area (Å²) in [5.41, 5.74) is -0.303. The minimum atomic E-state index is -1.27. The zero-order chi connectivity index (χ0) is 22.2. The molecule has 29 heavy (non-hydrogen) atoms. The summed E-state index contributed by atoms with van der Waals surface area (Å²) >= 11 is 0. The fourth-order valence-corrected chi connectivity index (χ4v) is 3.23. The fourth-order valence-electron chi connectivity index (χ4n) is 3.23. The van der Waals surface area contributed by atoms with Gasteiger partial charge in [-0.1, -0.05) is 136 Å². The second-order valence-electron chi connectivity index (χ2n) is 8.14. The molecule has 0 aliphatic rings. The van der Waals surface area contributed by atoms with E-state index in [9.17, 15) is 9.59 Å². The van der Waals surface area contributed by atoms with Crippen LogP contribution in [-0.2, 0) is 9.59 Å². The van der Waals surface area contributed by atoms with Gasteiger partial charge in [0.05, 0.1) is 6.42 Å². The molecule has 2 N–H and O–H groups in total. The Morgan fingerprint density at radius 2 is 0.793 bits per heavy atom. The van der Waals surface area contributed by atoms with Crippen molar-refractivity contribution in [1.82, 2.24) is 0 Å². The van der Waals surface area contributed by atoms with Crippen LogP contribution in [0.3, 0.4) is 0 Å². The molecule has 0 fully saturated rings. The molecular weight excluding hydrogens is 364 g/mol. The Labute approximate surface area is 180 Å². The second kappa shape index (κ2) is 24.7. The third kappa shape index (κ3) is 29.0. The van der Waals surface area contributed by atoms with E-state index in [0.717, 1.165) is 0 Å². The zero-order valence-electron chi connectivity index (χ0n) is 19.4. The fraction of sp³-hybridized carbons (Fsp3) is 0.840. The first kappa shape index (κ1) is 29.9. The third-order valence-electron chi connectivity index (χ3n) is 5.12. The Morgan fingerprint density at radius 1 is 0.552 bits per heavy atom. The highest BCUT2D eigenvalue weighted by atomic mass is 16.4. The number of hydrogen-bond acceptors (Lipinski definition) is 2. The molecule has 0 saturated carbocycles. The second-order valence-corrected chi connectivity index (χ2v) is 8.14. The maximum Gasteiger partial charge on any atom is 0.331 e. The van der Waals surface area contributed by atoms with Gasteiger partial charge in [0.15, 0.2) is 0 Å². The summed E-state index contributed by atoms with van der Waals surface area (Å²) in [5, 5.41) is 16.1. The summed E-state index contributed by atoms with van der Waals surface area (Å²) in [5.74, 6) is -2.44. The Bertz CT molecular complexity index is 372. The highest BCUT2D eigenvalue weighted by Crippen LogP contribution is 2.14. The third-order valence-corrected chi connectivity index (χ3v) is 5.12. The lowest BCUT2D eigenvalue weighted by molar-refractivity contribution is -0.139. The zero-order valence-corrected chi connectivity index (χ0v) is 19.4. The van der Waals surface area contributed by atoms with Gasteiger partial charge in [-0.25, -0.2) is 4.79 Å². The Balaban J connectivity index is 0. The van der Waals surface area contributed by atoms with Crippen molar-refractivity contribution in [3.8, 4) is 0 Å². The molecule has 0 rings (SSSR count). The number of carboxylic acids is 2. The molecule has 0 unspecified atom stereocenters. The van der Waals surface area contributed by atoms with E-state index < -0.39 is 18.4 Å². The Morgan fingerprint density at radius 3 is 0.931 bits per heavy atom. The molecule has 0 heterocycles. The van der Waals surface area contributed by atoms with Gasteiger partial charge >= 0.3 is 11.9 Å². The van der Waals surface area contributed by atoms with Crippen LogP contribution in [0.2, 0.25) is 0 Å². The number of aliphatic carboxylic acids is 2. The van der Waals surface area contributed by atoms with E-state index in [-0.39, 0.29) is 5.57 Å². The summed E-state index contributed by atoms with van der Waals surface area (Å²) in [7, 11) is 0. The molecule has 0 spiro atoms. The van der Waals surface area contributed by atoms with Crippen LogP contribution >= 0.6 is 0 Å². The Hall–Kier alpha value is -1.32. The normalized spacial score (nSPS) is 10.3. The first-order valence-electron chi connectivity index (χ1n) is 12.1. The first-order valence-corrected chi connectivity index (χ1v) is 12.1. The van der Waals surface area contributed by atoms with Gasteiger partial charge in [0.2, 0.25) is 0 Å². The predicted octanol–water partition coefficient (Wildman–Crippen LogP) is 8.15. The number of carboxylic acid groups (broad SMARTS) is 2. The molecule has 4 heteroatoms. The summed E-state index contributed by atoms with van der Waals surface area (Å²) in [6, 6.07) is 0. The van der Waals surface area contributed by atoms with Crippen LogP contribution in [0, 0.1) is 0 Å². The molecule has 0 bridgehead atoms. The maximum absolute atomic E-state index is 9.87. The van der Waals surface area contributed by atoms with Crippen molar-refractivity contribution in [3.05, 3.63) is 12.2 Å². The van der Waals surface area contributed by atoms with E-state index >= 15 is 0 Å². The summed E-state index contributed by atoms with van der Waals surface area (Å²) in [6.07, 6.45) is 25.9. The van der Waals surface area contributed by atoms with Crippen LogP contribution in [0.5, 0.6) is 0 Å². The van der Waals surface area contributed by atoms with Gasteiger partial charge in [0, 0.05) is 5.57 Å².